The Balaban J connectivity index is 1.56. The average Bonchev–Trinajstić information content (AvgIpc) is 3.02. The first-order valence-corrected chi connectivity index (χ1v) is 9.34. The number of benzene rings is 2. The van der Waals surface area contributed by atoms with Crippen LogP contribution in [0.3, 0.4) is 0 Å². The van der Waals surface area contributed by atoms with Crippen molar-refractivity contribution >= 4 is 17.7 Å². The van der Waals surface area contributed by atoms with Crippen LogP contribution in [0.4, 0.5) is 4.39 Å². The number of nitrogen functional groups attached to an aromatic ring is 1. The summed E-state index contributed by atoms with van der Waals surface area (Å²) in [4.78, 5) is 12.0. The molecule has 0 atom stereocenters. The van der Waals surface area contributed by atoms with E-state index in [2.05, 4.69) is 15.5 Å². The Bertz CT molecular complexity index is 955. The van der Waals surface area contributed by atoms with E-state index in [-0.39, 0.29) is 24.0 Å². The summed E-state index contributed by atoms with van der Waals surface area (Å²) in [6.45, 7) is 3.96. The van der Waals surface area contributed by atoms with Gasteiger partial charge >= 0.3 is 0 Å². The molecule has 3 aromatic rings. The van der Waals surface area contributed by atoms with Crippen LogP contribution in [0.1, 0.15) is 16.7 Å². The number of nitrogens with one attached hydrogen (secondary N) is 1. The number of nitrogens with two attached hydrogens (primary N) is 1. The number of aryl methyl sites for hydroxylation is 2. The molecule has 27 heavy (non-hydrogen) atoms. The molecule has 0 fully saturated rings. The fourth-order valence-electron chi connectivity index (χ4n) is 2.40. The third-order valence-electron chi connectivity index (χ3n) is 4.03. The normalized spacial score (nSPS) is 10.8. The standard InChI is InChI=1S/C19H20FN5OS/c1-12-3-7-15(8-4-12)18-23-24-19(25(18)21)27-11-17(26)22-10-14-6-5-13(2)16(20)9-14/h3-9H,10-11,21H2,1-2H3,(H,22,26). The number of rotatable bonds is 6. The number of hydrogen-bond acceptors (Lipinski definition) is 5. The third-order valence-corrected chi connectivity index (χ3v) is 4.98. The van der Waals surface area contributed by atoms with Gasteiger partial charge in [-0.1, -0.05) is 53.7 Å². The topological polar surface area (TPSA) is 85.8 Å². The molecule has 0 unspecified atom stereocenters. The number of hydrogen-bond donors (Lipinski definition) is 2. The maximum atomic E-state index is 13.5. The maximum Gasteiger partial charge on any atom is 0.230 e. The molecule has 0 saturated carbocycles. The maximum absolute atomic E-state index is 13.5. The lowest BCUT2D eigenvalue weighted by molar-refractivity contribution is -0.118. The summed E-state index contributed by atoms with van der Waals surface area (Å²) in [5.41, 5.74) is 3.28. The van der Waals surface area contributed by atoms with E-state index < -0.39 is 0 Å². The van der Waals surface area contributed by atoms with Crippen molar-refractivity contribution in [3.8, 4) is 11.4 Å². The van der Waals surface area contributed by atoms with Gasteiger partial charge in [0.15, 0.2) is 5.82 Å². The van der Waals surface area contributed by atoms with E-state index in [0.29, 0.717) is 22.1 Å². The van der Waals surface area contributed by atoms with Crippen LogP contribution in [0, 0.1) is 19.7 Å². The van der Waals surface area contributed by atoms with Crippen molar-refractivity contribution in [3.05, 3.63) is 65.0 Å². The summed E-state index contributed by atoms with van der Waals surface area (Å²) < 4.78 is 14.9. The van der Waals surface area contributed by atoms with Gasteiger partial charge in [-0.05, 0) is 31.0 Å². The lowest BCUT2D eigenvalue weighted by Gasteiger charge is -2.07. The van der Waals surface area contributed by atoms with Crippen LogP contribution in [0.15, 0.2) is 47.6 Å². The molecule has 6 nitrogen and oxygen atoms in total. The molecule has 0 aliphatic carbocycles. The average molecular weight is 385 g/mol. The lowest BCUT2D eigenvalue weighted by Crippen LogP contribution is -2.25. The van der Waals surface area contributed by atoms with Gasteiger partial charge in [0, 0.05) is 12.1 Å². The van der Waals surface area contributed by atoms with Crippen molar-refractivity contribution in [2.75, 3.05) is 11.6 Å². The van der Waals surface area contributed by atoms with Gasteiger partial charge in [0.25, 0.3) is 0 Å². The van der Waals surface area contributed by atoms with Crippen LogP contribution in [0.5, 0.6) is 0 Å². The Labute approximate surface area is 161 Å². The van der Waals surface area contributed by atoms with Crippen LogP contribution >= 0.6 is 11.8 Å². The number of carbonyl (C=O) groups excluding carboxylic acids is 1. The molecule has 1 heterocycles. The van der Waals surface area contributed by atoms with Crippen LogP contribution < -0.4 is 11.2 Å². The minimum absolute atomic E-state index is 0.136. The van der Waals surface area contributed by atoms with Crippen LogP contribution in [-0.4, -0.2) is 26.5 Å². The molecule has 3 N–H and O–H groups in total. The Morgan fingerprint density at radius 2 is 1.93 bits per heavy atom. The van der Waals surface area contributed by atoms with E-state index in [1.54, 1.807) is 19.1 Å². The Morgan fingerprint density at radius 1 is 1.19 bits per heavy atom. The van der Waals surface area contributed by atoms with Crippen molar-refractivity contribution in [1.82, 2.24) is 20.2 Å². The van der Waals surface area contributed by atoms with E-state index >= 15 is 0 Å². The molecule has 0 aliphatic heterocycles. The molecule has 140 valence electrons. The van der Waals surface area contributed by atoms with Gasteiger partial charge < -0.3 is 11.2 Å². The van der Waals surface area contributed by atoms with Gasteiger partial charge in [-0.25, -0.2) is 9.07 Å². The van der Waals surface area contributed by atoms with Gasteiger partial charge in [-0.3, -0.25) is 4.79 Å². The molecule has 1 amide bonds. The fraction of sp³-hybridized carbons (Fsp3) is 0.211. The number of carbonyl (C=O) groups is 1. The Kier molecular flexibility index (Phi) is 5.75. The molecule has 0 saturated heterocycles. The minimum atomic E-state index is -0.281. The second kappa shape index (κ2) is 8.22. The van der Waals surface area contributed by atoms with Gasteiger partial charge in [0.1, 0.15) is 5.82 Å². The molecule has 3 rings (SSSR count). The van der Waals surface area contributed by atoms with E-state index in [4.69, 9.17) is 5.84 Å². The predicted octanol–water partition coefficient (Wildman–Crippen LogP) is 2.82. The number of nitrogens with zero attached hydrogens (tertiary/aromatic N) is 3. The fourth-order valence-corrected chi connectivity index (χ4v) is 3.09. The molecule has 0 radical (unpaired) electrons. The van der Waals surface area contributed by atoms with E-state index in [1.807, 2.05) is 31.2 Å². The smallest absolute Gasteiger partial charge is 0.230 e. The zero-order valence-corrected chi connectivity index (χ0v) is 15.9. The first-order valence-electron chi connectivity index (χ1n) is 8.36. The van der Waals surface area contributed by atoms with Gasteiger partial charge in [0.2, 0.25) is 11.1 Å². The molecule has 0 aliphatic rings. The highest BCUT2D eigenvalue weighted by Crippen LogP contribution is 2.21. The Hall–Kier alpha value is -2.87. The zero-order valence-electron chi connectivity index (χ0n) is 15.1. The molecular weight excluding hydrogens is 365 g/mol. The molecule has 1 aromatic heterocycles. The lowest BCUT2D eigenvalue weighted by atomic mass is 10.1. The number of thioether (sulfide) groups is 1. The monoisotopic (exact) mass is 385 g/mol. The zero-order chi connectivity index (χ0) is 19.4. The van der Waals surface area contributed by atoms with Crippen molar-refractivity contribution in [1.29, 1.82) is 0 Å². The van der Waals surface area contributed by atoms with Crippen LogP contribution in [0.25, 0.3) is 11.4 Å². The highest BCUT2D eigenvalue weighted by Gasteiger charge is 2.13. The quantitative estimate of drug-likeness (QED) is 0.503. The first kappa shape index (κ1) is 18.9. The predicted molar refractivity (Wildman–Crippen MR) is 104 cm³/mol. The van der Waals surface area contributed by atoms with Crippen molar-refractivity contribution in [2.24, 2.45) is 0 Å². The molecule has 2 aromatic carbocycles. The molecular formula is C19H20FN5OS. The second-order valence-electron chi connectivity index (χ2n) is 6.19. The second-order valence-corrected chi connectivity index (χ2v) is 7.13. The minimum Gasteiger partial charge on any atom is -0.351 e. The van der Waals surface area contributed by atoms with Gasteiger partial charge in [-0.2, -0.15) is 0 Å². The summed E-state index contributed by atoms with van der Waals surface area (Å²) in [7, 11) is 0. The van der Waals surface area contributed by atoms with Crippen LogP contribution in [-0.2, 0) is 11.3 Å². The van der Waals surface area contributed by atoms with Crippen molar-refractivity contribution < 1.29 is 9.18 Å². The number of aromatic nitrogens is 3. The number of amides is 1. The largest absolute Gasteiger partial charge is 0.351 e. The summed E-state index contributed by atoms with van der Waals surface area (Å²) in [5.74, 6) is 6.25. The molecule has 8 heteroatoms. The van der Waals surface area contributed by atoms with E-state index in [0.717, 1.165) is 11.1 Å². The summed E-state index contributed by atoms with van der Waals surface area (Å²) in [6.07, 6.45) is 0. The first-order chi connectivity index (χ1) is 12.9. The van der Waals surface area contributed by atoms with Gasteiger partial charge in [0.05, 0.1) is 5.75 Å². The van der Waals surface area contributed by atoms with Crippen molar-refractivity contribution in [2.45, 2.75) is 25.5 Å². The summed E-state index contributed by atoms with van der Waals surface area (Å²) >= 11 is 1.19. The SMILES string of the molecule is Cc1ccc(-c2nnc(SCC(=O)NCc3ccc(C)c(F)c3)n2N)cc1. The molecule has 0 spiro atoms. The summed E-state index contributed by atoms with van der Waals surface area (Å²) in [6, 6.07) is 12.7. The Morgan fingerprint density at radius 3 is 2.63 bits per heavy atom. The number of halogens is 1. The van der Waals surface area contributed by atoms with E-state index in [1.165, 1.54) is 22.5 Å². The third kappa shape index (κ3) is 4.65. The highest BCUT2D eigenvalue weighted by atomic mass is 32.2. The van der Waals surface area contributed by atoms with E-state index in [9.17, 15) is 9.18 Å². The van der Waals surface area contributed by atoms with Crippen molar-refractivity contribution in [3.63, 3.8) is 0 Å². The molecule has 0 bridgehead atoms. The highest BCUT2D eigenvalue weighted by molar-refractivity contribution is 7.99. The van der Waals surface area contributed by atoms with Crippen LogP contribution in [0.2, 0.25) is 0 Å². The summed E-state index contributed by atoms with van der Waals surface area (Å²) in [5, 5.41) is 11.3. The van der Waals surface area contributed by atoms with Gasteiger partial charge in [-0.15, -0.1) is 10.2 Å².